The molecule has 1 aromatic carbocycles. The third-order valence-electron chi connectivity index (χ3n) is 3.08. The zero-order valence-electron chi connectivity index (χ0n) is 11.2. The fraction of sp³-hybridized carbons (Fsp3) is 0.357. The molecule has 2 aromatic rings. The van der Waals surface area contributed by atoms with Gasteiger partial charge in [0.2, 0.25) is 5.89 Å². The summed E-state index contributed by atoms with van der Waals surface area (Å²) in [7, 11) is 0. The minimum absolute atomic E-state index is 0.0442. The number of aromatic nitrogens is 2. The van der Waals surface area contributed by atoms with Crippen molar-refractivity contribution in [2.24, 2.45) is 0 Å². The van der Waals surface area contributed by atoms with Crippen molar-refractivity contribution in [3.8, 4) is 0 Å². The molecular weight excluding hydrogens is 256 g/mol. The maximum atomic E-state index is 12.1. The molecule has 1 heterocycles. The van der Waals surface area contributed by atoms with E-state index in [1.807, 2.05) is 18.2 Å². The van der Waals surface area contributed by atoms with E-state index in [1.165, 1.54) is 0 Å². The number of rotatable bonds is 5. The van der Waals surface area contributed by atoms with E-state index >= 15 is 0 Å². The SMILES string of the molecule is Cc1noc(CNc2ccccc2C(=O)NC2CC2)n1. The summed E-state index contributed by atoms with van der Waals surface area (Å²) in [6.45, 7) is 2.17. The molecule has 0 bridgehead atoms. The Labute approximate surface area is 116 Å². The number of hydrogen-bond donors (Lipinski definition) is 2. The number of anilines is 1. The molecule has 3 rings (SSSR count). The van der Waals surface area contributed by atoms with Crippen molar-refractivity contribution < 1.29 is 9.32 Å². The number of carbonyl (C=O) groups excluding carboxylic acids is 1. The molecule has 2 N–H and O–H groups in total. The molecule has 1 aromatic heterocycles. The van der Waals surface area contributed by atoms with Crippen LogP contribution in [0.5, 0.6) is 0 Å². The highest BCUT2D eigenvalue weighted by atomic mass is 16.5. The molecule has 0 unspecified atom stereocenters. The highest BCUT2D eigenvalue weighted by molar-refractivity contribution is 5.99. The van der Waals surface area contributed by atoms with Gasteiger partial charge in [-0.1, -0.05) is 17.3 Å². The number of carbonyl (C=O) groups is 1. The maximum absolute atomic E-state index is 12.1. The van der Waals surface area contributed by atoms with Crippen LogP contribution in [0.3, 0.4) is 0 Å². The minimum Gasteiger partial charge on any atom is -0.375 e. The number of nitrogens with zero attached hydrogens (tertiary/aromatic N) is 2. The predicted molar refractivity (Wildman–Crippen MR) is 73.3 cm³/mol. The lowest BCUT2D eigenvalue weighted by atomic mass is 10.1. The fourth-order valence-electron chi connectivity index (χ4n) is 1.91. The summed E-state index contributed by atoms with van der Waals surface area (Å²) < 4.78 is 5.04. The minimum atomic E-state index is -0.0442. The number of amides is 1. The Morgan fingerprint density at radius 2 is 2.20 bits per heavy atom. The summed E-state index contributed by atoms with van der Waals surface area (Å²) in [6, 6.07) is 7.75. The molecule has 0 atom stereocenters. The van der Waals surface area contributed by atoms with Gasteiger partial charge in [0, 0.05) is 11.7 Å². The molecule has 20 heavy (non-hydrogen) atoms. The molecule has 6 nitrogen and oxygen atoms in total. The Morgan fingerprint density at radius 1 is 1.40 bits per heavy atom. The van der Waals surface area contributed by atoms with Crippen LogP contribution < -0.4 is 10.6 Å². The summed E-state index contributed by atoms with van der Waals surface area (Å²) in [5.41, 5.74) is 1.40. The van der Waals surface area contributed by atoms with E-state index < -0.39 is 0 Å². The van der Waals surface area contributed by atoms with Gasteiger partial charge in [0.15, 0.2) is 5.82 Å². The predicted octanol–water partition coefficient (Wildman–Crippen LogP) is 1.88. The fourth-order valence-corrected chi connectivity index (χ4v) is 1.91. The Hall–Kier alpha value is -2.37. The van der Waals surface area contributed by atoms with Gasteiger partial charge < -0.3 is 15.2 Å². The van der Waals surface area contributed by atoms with Crippen LogP contribution in [0.15, 0.2) is 28.8 Å². The highest BCUT2D eigenvalue weighted by Gasteiger charge is 2.24. The Bertz CT molecular complexity index is 619. The van der Waals surface area contributed by atoms with Crippen molar-refractivity contribution in [3.05, 3.63) is 41.5 Å². The third-order valence-corrected chi connectivity index (χ3v) is 3.08. The average Bonchev–Trinajstić information content (AvgIpc) is 3.17. The van der Waals surface area contributed by atoms with Crippen LogP contribution in [-0.4, -0.2) is 22.1 Å². The molecule has 6 heteroatoms. The van der Waals surface area contributed by atoms with Crippen molar-refractivity contribution in [1.82, 2.24) is 15.5 Å². The molecule has 1 fully saturated rings. The first-order valence-electron chi connectivity index (χ1n) is 6.65. The zero-order valence-corrected chi connectivity index (χ0v) is 11.2. The molecule has 0 spiro atoms. The molecule has 1 aliphatic rings. The Kier molecular flexibility index (Phi) is 3.37. The van der Waals surface area contributed by atoms with E-state index in [4.69, 9.17) is 4.52 Å². The lowest BCUT2D eigenvalue weighted by Crippen LogP contribution is -2.26. The van der Waals surface area contributed by atoms with Crippen molar-refractivity contribution in [2.75, 3.05) is 5.32 Å². The van der Waals surface area contributed by atoms with Crippen LogP contribution in [0, 0.1) is 6.92 Å². The van der Waals surface area contributed by atoms with Crippen molar-refractivity contribution in [3.63, 3.8) is 0 Å². The molecule has 0 saturated heterocycles. The standard InChI is InChI=1S/C14H16N4O2/c1-9-16-13(20-18-9)8-15-12-5-3-2-4-11(12)14(19)17-10-6-7-10/h2-5,10,15H,6-8H2,1H3,(H,17,19). The topological polar surface area (TPSA) is 80.0 Å². The lowest BCUT2D eigenvalue weighted by molar-refractivity contribution is 0.0952. The summed E-state index contributed by atoms with van der Waals surface area (Å²) >= 11 is 0. The third kappa shape index (κ3) is 2.96. The van der Waals surface area contributed by atoms with E-state index in [1.54, 1.807) is 13.0 Å². The second kappa shape index (κ2) is 5.32. The van der Waals surface area contributed by atoms with Gasteiger partial charge in [0.25, 0.3) is 5.91 Å². The summed E-state index contributed by atoms with van der Waals surface area (Å²) in [5.74, 6) is 1.05. The first-order chi connectivity index (χ1) is 9.72. The number of aryl methyl sites for hydroxylation is 1. The van der Waals surface area contributed by atoms with Crippen LogP contribution in [-0.2, 0) is 6.54 Å². The summed E-state index contributed by atoms with van der Waals surface area (Å²) in [6.07, 6.45) is 2.14. The maximum Gasteiger partial charge on any atom is 0.253 e. The monoisotopic (exact) mass is 272 g/mol. The van der Waals surface area contributed by atoms with Crippen LogP contribution in [0.25, 0.3) is 0 Å². The lowest BCUT2D eigenvalue weighted by Gasteiger charge is -2.10. The van der Waals surface area contributed by atoms with Crippen molar-refractivity contribution >= 4 is 11.6 Å². The molecule has 104 valence electrons. The molecule has 1 aliphatic carbocycles. The molecule has 0 radical (unpaired) electrons. The number of para-hydroxylation sites is 1. The van der Waals surface area contributed by atoms with Crippen LogP contribution >= 0.6 is 0 Å². The second-order valence-corrected chi connectivity index (χ2v) is 4.88. The first kappa shape index (κ1) is 12.7. The van der Waals surface area contributed by atoms with Gasteiger partial charge >= 0.3 is 0 Å². The zero-order chi connectivity index (χ0) is 13.9. The van der Waals surface area contributed by atoms with Crippen LogP contribution in [0.2, 0.25) is 0 Å². The van der Waals surface area contributed by atoms with E-state index in [9.17, 15) is 4.79 Å². The molecule has 1 saturated carbocycles. The number of nitrogens with one attached hydrogen (secondary N) is 2. The van der Waals surface area contributed by atoms with E-state index in [0.717, 1.165) is 18.5 Å². The smallest absolute Gasteiger partial charge is 0.253 e. The van der Waals surface area contributed by atoms with E-state index in [2.05, 4.69) is 20.8 Å². The van der Waals surface area contributed by atoms with Gasteiger partial charge in [-0.3, -0.25) is 4.79 Å². The van der Waals surface area contributed by atoms with Gasteiger partial charge in [-0.05, 0) is 31.9 Å². The summed E-state index contributed by atoms with van der Waals surface area (Å²) in [5, 5.41) is 9.87. The summed E-state index contributed by atoms with van der Waals surface area (Å²) in [4.78, 5) is 16.2. The normalized spacial score (nSPS) is 14.1. The molecule has 0 aliphatic heterocycles. The molecule has 1 amide bonds. The number of benzene rings is 1. The van der Waals surface area contributed by atoms with Gasteiger partial charge in [-0.25, -0.2) is 0 Å². The average molecular weight is 272 g/mol. The molecular formula is C14H16N4O2. The second-order valence-electron chi connectivity index (χ2n) is 4.88. The van der Waals surface area contributed by atoms with Gasteiger partial charge in [0.1, 0.15) is 0 Å². The van der Waals surface area contributed by atoms with Crippen molar-refractivity contribution in [1.29, 1.82) is 0 Å². The van der Waals surface area contributed by atoms with E-state index in [0.29, 0.717) is 29.9 Å². The van der Waals surface area contributed by atoms with Gasteiger partial charge in [-0.15, -0.1) is 0 Å². The van der Waals surface area contributed by atoms with Gasteiger partial charge in [0.05, 0.1) is 12.1 Å². The van der Waals surface area contributed by atoms with Crippen molar-refractivity contribution in [2.45, 2.75) is 32.4 Å². The highest BCUT2D eigenvalue weighted by Crippen LogP contribution is 2.21. The van der Waals surface area contributed by atoms with E-state index in [-0.39, 0.29) is 5.91 Å². The Morgan fingerprint density at radius 3 is 2.90 bits per heavy atom. The van der Waals surface area contributed by atoms with Crippen LogP contribution in [0.4, 0.5) is 5.69 Å². The first-order valence-corrected chi connectivity index (χ1v) is 6.65. The van der Waals surface area contributed by atoms with Crippen LogP contribution in [0.1, 0.15) is 34.9 Å². The Balaban J connectivity index is 1.70. The van der Waals surface area contributed by atoms with Gasteiger partial charge in [-0.2, -0.15) is 4.98 Å². The quantitative estimate of drug-likeness (QED) is 0.868. The number of hydrogen-bond acceptors (Lipinski definition) is 5. The largest absolute Gasteiger partial charge is 0.375 e.